The molecule has 0 radical (unpaired) electrons. The maximum absolute atomic E-state index is 10.1. The van der Waals surface area contributed by atoms with Crippen LogP contribution in [0.25, 0.3) is 0 Å². The second kappa shape index (κ2) is 6.53. The first-order valence-electron chi connectivity index (χ1n) is 3.94. The van der Waals surface area contributed by atoms with E-state index in [1.807, 2.05) is 0 Å². The van der Waals surface area contributed by atoms with Crippen molar-refractivity contribution in [3.8, 4) is 0 Å². The number of allylic oxidation sites excluding steroid dienone is 1. The molecule has 0 aromatic heterocycles. The summed E-state index contributed by atoms with van der Waals surface area (Å²) in [4.78, 5) is 10.1. The molecule has 0 heterocycles. The maximum Gasteiger partial charge on any atom is 0.145 e. The van der Waals surface area contributed by atoms with E-state index < -0.39 is 0 Å². The van der Waals surface area contributed by atoms with Gasteiger partial charge in [0.1, 0.15) is 6.29 Å². The van der Waals surface area contributed by atoms with Crippen LogP contribution in [0.3, 0.4) is 0 Å². The highest BCUT2D eigenvalue weighted by Crippen LogP contribution is 2.05. The molecule has 0 unspecified atom stereocenters. The Labute approximate surface area is 63.1 Å². The Balaban J connectivity index is 3.03. The average molecular weight is 140 g/mol. The minimum Gasteiger partial charge on any atom is -0.298 e. The molecule has 0 aliphatic carbocycles. The van der Waals surface area contributed by atoms with Gasteiger partial charge in [0.05, 0.1) is 0 Å². The topological polar surface area (TPSA) is 17.1 Å². The summed E-state index contributed by atoms with van der Waals surface area (Å²) >= 11 is 0. The quantitative estimate of drug-likeness (QED) is 0.315. The van der Waals surface area contributed by atoms with Gasteiger partial charge in [0.2, 0.25) is 0 Å². The predicted molar refractivity (Wildman–Crippen MR) is 44.0 cm³/mol. The zero-order valence-electron chi connectivity index (χ0n) is 6.73. The summed E-state index contributed by atoms with van der Waals surface area (Å²) in [5.74, 6) is 0. The standard InChI is InChI=1S/C9H16O/c1-3-4-5-6-7-9(2)8-10/h8H,2-7H2,1H3. The van der Waals surface area contributed by atoms with Crippen LogP contribution in [0.5, 0.6) is 0 Å². The molecule has 0 aromatic rings. The summed E-state index contributed by atoms with van der Waals surface area (Å²) < 4.78 is 0. The normalized spacial score (nSPS) is 9.30. The van der Waals surface area contributed by atoms with Crippen molar-refractivity contribution in [3.63, 3.8) is 0 Å². The molecule has 0 N–H and O–H groups in total. The van der Waals surface area contributed by atoms with Crippen LogP contribution < -0.4 is 0 Å². The third-order valence-corrected chi connectivity index (χ3v) is 1.52. The lowest BCUT2D eigenvalue weighted by molar-refractivity contribution is -0.105. The van der Waals surface area contributed by atoms with Gasteiger partial charge in [-0.2, -0.15) is 0 Å². The second-order valence-corrected chi connectivity index (χ2v) is 2.59. The van der Waals surface area contributed by atoms with Crippen LogP contribution in [-0.4, -0.2) is 6.29 Å². The van der Waals surface area contributed by atoms with Crippen molar-refractivity contribution < 1.29 is 4.79 Å². The van der Waals surface area contributed by atoms with E-state index in [-0.39, 0.29) is 0 Å². The third kappa shape index (κ3) is 5.54. The monoisotopic (exact) mass is 140 g/mol. The fraction of sp³-hybridized carbons (Fsp3) is 0.667. The number of hydrogen-bond acceptors (Lipinski definition) is 1. The number of carbonyl (C=O) groups is 1. The van der Waals surface area contributed by atoms with E-state index in [9.17, 15) is 4.79 Å². The zero-order chi connectivity index (χ0) is 7.82. The van der Waals surface area contributed by atoms with E-state index in [2.05, 4.69) is 13.5 Å². The second-order valence-electron chi connectivity index (χ2n) is 2.59. The Morgan fingerprint density at radius 3 is 2.60 bits per heavy atom. The summed E-state index contributed by atoms with van der Waals surface area (Å²) in [5, 5.41) is 0. The lowest BCUT2D eigenvalue weighted by Crippen LogP contribution is -1.82. The molecule has 0 fully saturated rings. The van der Waals surface area contributed by atoms with Gasteiger partial charge in [-0.15, -0.1) is 0 Å². The summed E-state index contributed by atoms with van der Waals surface area (Å²) in [6.07, 6.45) is 6.59. The summed E-state index contributed by atoms with van der Waals surface area (Å²) in [6, 6.07) is 0. The van der Waals surface area contributed by atoms with Gasteiger partial charge in [-0.1, -0.05) is 32.8 Å². The molecule has 1 nitrogen and oxygen atoms in total. The van der Waals surface area contributed by atoms with Gasteiger partial charge in [-0.25, -0.2) is 0 Å². The van der Waals surface area contributed by atoms with E-state index in [4.69, 9.17) is 0 Å². The minimum absolute atomic E-state index is 0.733. The highest BCUT2D eigenvalue weighted by molar-refractivity contribution is 5.71. The first-order valence-corrected chi connectivity index (χ1v) is 3.94. The maximum atomic E-state index is 10.1. The van der Waals surface area contributed by atoms with E-state index >= 15 is 0 Å². The van der Waals surface area contributed by atoms with Crippen LogP contribution in [0.2, 0.25) is 0 Å². The molecule has 0 saturated heterocycles. The van der Waals surface area contributed by atoms with Gasteiger partial charge in [0, 0.05) is 0 Å². The highest BCUT2D eigenvalue weighted by Gasteiger charge is 1.90. The Bertz CT molecular complexity index is 105. The highest BCUT2D eigenvalue weighted by atomic mass is 16.1. The van der Waals surface area contributed by atoms with Crippen molar-refractivity contribution in [3.05, 3.63) is 12.2 Å². The van der Waals surface area contributed by atoms with E-state index in [1.54, 1.807) is 0 Å². The molecule has 0 saturated carbocycles. The molecule has 0 spiro atoms. The van der Waals surface area contributed by atoms with Gasteiger partial charge >= 0.3 is 0 Å². The van der Waals surface area contributed by atoms with Crippen molar-refractivity contribution in [2.45, 2.75) is 39.0 Å². The molecule has 0 rings (SSSR count). The molecule has 0 aliphatic rings. The Kier molecular flexibility index (Phi) is 6.14. The molecule has 58 valence electrons. The van der Waals surface area contributed by atoms with Crippen LogP contribution in [0, 0.1) is 0 Å². The van der Waals surface area contributed by atoms with E-state index in [0.717, 1.165) is 24.7 Å². The van der Waals surface area contributed by atoms with Crippen molar-refractivity contribution in [2.24, 2.45) is 0 Å². The van der Waals surface area contributed by atoms with Crippen molar-refractivity contribution in [1.29, 1.82) is 0 Å². The Morgan fingerprint density at radius 1 is 1.40 bits per heavy atom. The average Bonchev–Trinajstić information content (AvgIpc) is 1.98. The Hall–Kier alpha value is -0.590. The van der Waals surface area contributed by atoms with Gasteiger partial charge < -0.3 is 0 Å². The van der Waals surface area contributed by atoms with Crippen molar-refractivity contribution >= 4 is 6.29 Å². The third-order valence-electron chi connectivity index (χ3n) is 1.52. The van der Waals surface area contributed by atoms with E-state index in [1.165, 1.54) is 19.3 Å². The first kappa shape index (κ1) is 9.41. The van der Waals surface area contributed by atoms with E-state index in [0.29, 0.717) is 0 Å². The summed E-state index contributed by atoms with van der Waals surface area (Å²) in [6.45, 7) is 5.78. The molecule has 0 amide bonds. The summed E-state index contributed by atoms with van der Waals surface area (Å²) in [7, 11) is 0. The first-order chi connectivity index (χ1) is 4.81. The molecule has 0 bridgehead atoms. The number of aldehydes is 1. The SMILES string of the molecule is C=C(C=O)CCCCCC. The smallest absolute Gasteiger partial charge is 0.145 e. The van der Waals surface area contributed by atoms with Crippen molar-refractivity contribution in [2.75, 3.05) is 0 Å². The van der Waals surface area contributed by atoms with Crippen LogP contribution in [0.15, 0.2) is 12.2 Å². The number of rotatable bonds is 6. The number of carbonyl (C=O) groups excluding carboxylic acids is 1. The van der Waals surface area contributed by atoms with Gasteiger partial charge in [0.25, 0.3) is 0 Å². The van der Waals surface area contributed by atoms with Crippen LogP contribution in [0.1, 0.15) is 39.0 Å². The van der Waals surface area contributed by atoms with Crippen LogP contribution >= 0.6 is 0 Å². The van der Waals surface area contributed by atoms with Crippen molar-refractivity contribution in [1.82, 2.24) is 0 Å². The van der Waals surface area contributed by atoms with Gasteiger partial charge in [-0.05, 0) is 18.4 Å². The number of hydrogen-bond donors (Lipinski definition) is 0. The fourth-order valence-corrected chi connectivity index (χ4v) is 0.838. The zero-order valence-corrected chi connectivity index (χ0v) is 6.73. The fourth-order valence-electron chi connectivity index (χ4n) is 0.838. The molecule has 0 aromatic carbocycles. The number of unbranched alkanes of at least 4 members (excludes halogenated alkanes) is 3. The summed E-state index contributed by atoms with van der Waals surface area (Å²) in [5.41, 5.74) is 0.733. The van der Waals surface area contributed by atoms with Gasteiger partial charge in [-0.3, -0.25) is 4.79 Å². The molecule has 0 aliphatic heterocycles. The molecule has 10 heavy (non-hydrogen) atoms. The molecular weight excluding hydrogens is 124 g/mol. The lowest BCUT2D eigenvalue weighted by Gasteiger charge is -1.96. The molecule has 0 atom stereocenters. The minimum atomic E-state index is 0.733. The predicted octanol–water partition coefficient (Wildman–Crippen LogP) is 2.71. The largest absolute Gasteiger partial charge is 0.298 e. The Morgan fingerprint density at radius 2 is 2.10 bits per heavy atom. The van der Waals surface area contributed by atoms with Crippen LogP contribution in [-0.2, 0) is 4.79 Å². The molecule has 1 heteroatoms. The van der Waals surface area contributed by atoms with Gasteiger partial charge in [0.15, 0.2) is 0 Å². The molecular formula is C9H16O. The lowest BCUT2D eigenvalue weighted by atomic mass is 10.1. The van der Waals surface area contributed by atoms with Crippen LogP contribution in [0.4, 0.5) is 0 Å².